The summed E-state index contributed by atoms with van der Waals surface area (Å²) < 4.78 is 23.8. The lowest BCUT2D eigenvalue weighted by molar-refractivity contribution is -0.123. The average molecular weight is 492 g/mol. The second kappa shape index (κ2) is 13.0. The minimum atomic E-state index is -3.23. The van der Waals surface area contributed by atoms with Gasteiger partial charge in [-0.05, 0) is 50.5 Å². The standard InChI is InChI=1S/C19H31BrN3O5P/c1-5-27-29(26,28-6-2)12-11-21-18(24)17(13-14(3)4)23-19(25)22-16-9-7-15(20)8-10-16/h7-10,14,17H,5-6,11-13H2,1-4H3,(H,21,24)(H2,22,23,25)/t17-/m0/s1. The molecule has 3 N–H and O–H groups in total. The molecule has 0 saturated heterocycles. The van der Waals surface area contributed by atoms with Crippen LogP contribution in [0.4, 0.5) is 10.5 Å². The Hall–Kier alpha value is -1.41. The molecule has 0 radical (unpaired) electrons. The summed E-state index contributed by atoms with van der Waals surface area (Å²) in [6, 6.07) is 5.93. The fraction of sp³-hybridized carbons (Fsp3) is 0.579. The zero-order valence-corrected chi connectivity index (χ0v) is 19.8. The molecule has 0 unspecified atom stereocenters. The van der Waals surface area contributed by atoms with E-state index in [4.69, 9.17) is 9.05 Å². The van der Waals surface area contributed by atoms with Gasteiger partial charge in [-0.2, -0.15) is 0 Å². The molecule has 1 rings (SSSR count). The number of hydrogen-bond acceptors (Lipinski definition) is 5. The summed E-state index contributed by atoms with van der Waals surface area (Å²) in [5.74, 6) is -0.152. The fourth-order valence-electron chi connectivity index (χ4n) is 2.56. The van der Waals surface area contributed by atoms with E-state index in [0.29, 0.717) is 12.1 Å². The van der Waals surface area contributed by atoms with Crippen LogP contribution in [0.5, 0.6) is 0 Å². The fourth-order valence-corrected chi connectivity index (χ4v) is 4.33. The average Bonchev–Trinajstić information content (AvgIpc) is 2.63. The van der Waals surface area contributed by atoms with Crippen molar-refractivity contribution >= 4 is 41.2 Å². The molecular weight excluding hydrogens is 461 g/mol. The van der Waals surface area contributed by atoms with E-state index in [2.05, 4.69) is 31.9 Å². The first kappa shape index (κ1) is 25.6. The van der Waals surface area contributed by atoms with Crippen LogP contribution < -0.4 is 16.0 Å². The summed E-state index contributed by atoms with van der Waals surface area (Å²) in [7, 11) is -3.23. The molecule has 0 saturated carbocycles. The monoisotopic (exact) mass is 491 g/mol. The highest BCUT2D eigenvalue weighted by Gasteiger charge is 2.26. The van der Waals surface area contributed by atoms with Crippen molar-refractivity contribution in [3.8, 4) is 0 Å². The topological polar surface area (TPSA) is 106 Å². The minimum absolute atomic E-state index is 0.0694. The van der Waals surface area contributed by atoms with Gasteiger partial charge < -0.3 is 25.0 Å². The van der Waals surface area contributed by atoms with Crippen LogP contribution in [0.25, 0.3) is 0 Å². The molecule has 1 aromatic rings. The van der Waals surface area contributed by atoms with Crippen LogP contribution in [-0.4, -0.2) is 43.9 Å². The van der Waals surface area contributed by atoms with Gasteiger partial charge in [0.2, 0.25) is 5.91 Å². The highest BCUT2D eigenvalue weighted by Crippen LogP contribution is 2.47. The maximum absolute atomic E-state index is 12.6. The zero-order valence-electron chi connectivity index (χ0n) is 17.4. The van der Waals surface area contributed by atoms with Crippen molar-refractivity contribution in [2.75, 3.05) is 31.2 Å². The molecule has 0 fully saturated rings. The Morgan fingerprint density at radius 2 is 1.69 bits per heavy atom. The second-order valence-electron chi connectivity index (χ2n) is 6.75. The lowest BCUT2D eigenvalue weighted by atomic mass is 10.0. The first-order valence-corrected chi connectivity index (χ1v) is 12.2. The summed E-state index contributed by atoms with van der Waals surface area (Å²) >= 11 is 3.34. The second-order valence-corrected chi connectivity index (χ2v) is 9.85. The molecular formula is C19H31BrN3O5P. The predicted octanol–water partition coefficient (Wildman–Crippen LogP) is 4.37. The minimum Gasteiger partial charge on any atom is -0.354 e. The number of amides is 3. The third-order valence-corrected chi connectivity index (χ3v) is 6.37. The van der Waals surface area contributed by atoms with Crippen LogP contribution in [0.1, 0.15) is 34.1 Å². The normalized spacial score (nSPS) is 12.5. The largest absolute Gasteiger partial charge is 0.354 e. The molecule has 0 aliphatic rings. The van der Waals surface area contributed by atoms with E-state index < -0.39 is 19.7 Å². The number of hydrogen-bond donors (Lipinski definition) is 3. The van der Waals surface area contributed by atoms with Crippen molar-refractivity contribution in [2.45, 2.75) is 40.2 Å². The van der Waals surface area contributed by atoms with Crippen LogP contribution >= 0.6 is 23.5 Å². The van der Waals surface area contributed by atoms with Crippen molar-refractivity contribution < 1.29 is 23.2 Å². The van der Waals surface area contributed by atoms with E-state index in [9.17, 15) is 14.2 Å². The summed E-state index contributed by atoms with van der Waals surface area (Å²) in [4.78, 5) is 24.9. The Bertz CT molecular complexity index is 690. The molecule has 0 spiro atoms. The van der Waals surface area contributed by atoms with Crippen LogP contribution in [0.2, 0.25) is 0 Å². The zero-order chi connectivity index (χ0) is 21.9. The summed E-state index contributed by atoms with van der Waals surface area (Å²) in [6.07, 6.45) is 0.536. The maximum atomic E-state index is 12.6. The molecule has 0 aliphatic heterocycles. The first-order chi connectivity index (χ1) is 13.7. The molecule has 0 bridgehead atoms. The van der Waals surface area contributed by atoms with Gasteiger partial charge in [-0.3, -0.25) is 9.36 Å². The Morgan fingerprint density at radius 1 is 1.10 bits per heavy atom. The quantitative estimate of drug-likeness (QED) is 0.376. The molecule has 3 amide bonds. The van der Waals surface area contributed by atoms with Crippen LogP contribution in [-0.2, 0) is 18.4 Å². The lowest BCUT2D eigenvalue weighted by Gasteiger charge is -2.21. The van der Waals surface area contributed by atoms with Gasteiger partial charge in [-0.25, -0.2) is 4.79 Å². The number of benzene rings is 1. The van der Waals surface area contributed by atoms with Gasteiger partial charge in [0.15, 0.2) is 0 Å². The van der Waals surface area contributed by atoms with Crippen LogP contribution in [0.3, 0.4) is 0 Å². The smallest absolute Gasteiger partial charge is 0.332 e. The molecule has 29 heavy (non-hydrogen) atoms. The molecule has 0 heterocycles. The van der Waals surface area contributed by atoms with Crippen molar-refractivity contribution in [2.24, 2.45) is 5.92 Å². The summed E-state index contributed by atoms with van der Waals surface area (Å²) in [5, 5.41) is 8.13. The van der Waals surface area contributed by atoms with Gasteiger partial charge in [0.25, 0.3) is 0 Å². The molecule has 0 aliphatic carbocycles. The number of carbonyl (C=O) groups is 2. The van der Waals surface area contributed by atoms with Crippen molar-refractivity contribution in [3.63, 3.8) is 0 Å². The number of halogens is 1. The molecule has 1 aromatic carbocycles. The molecule has 8 nitrogen and oxygen atoms in total. The SMILES string of the molecule is CCOP(=O)(CCNC(=O)[C@H](CC(C)C)NC(=O)Nc1ccc(Br)cc1)OCC. The van der Waals surface area contributed by atoms with Crippen molar-refractivity contribution in [1.82, 2.24) is 10.6 Å². The number of urea groups is 1. The Labute approximate surface area is 181 Å². The summed E-state index contributed by atoms with van der Waals surface area (Å²) in [5.41, 5.74) is 0.615. The number of carbonyl (C=O) groups excluding carboxylic acids is 2. The number of rotatable bonds is 12. The van der Waals surface area contributed by atoms with Crippen LogP contribution in [0, 0.1) is 5.92 Å². The first-order valence-electron chi connectivity index (χ1n) is 9.68. The predicted molar refractivity (Wildman–Crippen MR) is 118 cm³/mol. The van der Waals surface area contributed by atoms with Gasteiger partial charge in [-0.15, -0.1) is 0 Å². The molecule has 164 valence electrons. The Balaban J connectivity index is 2.63. The van der Waals surface area contributed by atoms with Gasteiger partial charge in [0, 0.05) is 16.7 Å². The number of nitrogens with one attached hydrogen (secondary N) is 3. The third-order valence-electron chi connectivity index (χ3n) is 3.77. The molecule has 10 heteroatoms. The molecule has 1 atom stereocenters. The third kappa shape index (κ3) is 10.3. The van der Waals surface area contributed by atoms with E-state index in [-0.39, 0.29) is 37.7 Å². The van der Waals surface area contributed by atoms with E-state index >= 15 is 0 Å². The van der Waals surface area contributed by atoms with Crippen molar-refractivity contribution in [3.05, 3.63) is 28.7 Å². The molecule has 0 aromatic heterocycles. The van der Waals surface area contributed by atoms with E-state index in [1.165, 1.54) is 0 Å². The van der Waals surface area contributed by atoms with E-state index in [0.717, 1.165) is 4.47 Å². The summed E-state index contributed by atoms with van der Waals surface area (Å²) in [6.45, 7) is 8.05. The van der Waals surface area contributed by atoms with Gasteiger partial charge >= 0.3 is 13.6 Å². The van der Waals surface area contributed by atoms with Gasteiger partial charge in [0.1, 0.15) is 6.04 Å². The highest BCUT2D eigenvalue weighted by molar-refractivity contribution is 9.10. The van der Waals surface area contributed by atoms with Gasteiger partial charge in [-0.1, -0.05) is 29.8 Å². The van der Waals surface area contributed by atoms with Crippen LogP contribution in [0.15, 0.2) is 28.7 Å². The Morgan fingerprint density at radius 3 is 2.21 bits per heavy atom. The van der Waals surface area contributed by atoms with Crippen molar-refractivity contribution in [1.29, 1.82) is 0 Å². The Kier molecular flexibility index (Phi) is 11.5. The highest BCUT2D eigenvalue weighted by atomic mass is 79.9. The van der Waals surface area contributed by atoms with E-state index in [1.54, 1.807) is 26.0 Å². The van der Waals surface area contributed by atoms with Gasteiger partial charge in [0.05, 0.1) is 19.4 Å². The maximum Gasteiger partial charge on any atom is 0.332 e. The number of anilines is 1. The lowest BCUT2D eigenvalue weighted by Crippen LogP contribution is -2.49. The van der Waals surface area contributed by atoms with E-state index in [1.807, 2.05) is 26.0 Å².